The number of aromatic nitrogens is 2. The predicted molar refractivity (Wildman–Crippen MR) is 147 cm³/mol. The largest absolute Gasteiger partial charge is 0.449 e. The number of anilines is 1. The normalized spacial score (nSPS) is 13.7. The Balaban J connectivity index is 1.66. The van der Waals surface area contributed by atoms with Gasteiger partial charge in [0.15, 0.2) is 0 Å². The monoisotopic (exact) mass is 526 g/mol. The maximum atomic E-state index is 13.7. The van der Waals surface area contributed by atoms with Gasteiger partial charge in [-0.1, -0.05) is 17.3 Å². The Morgan fingerprint density at radius 3 is 2.56 bits per heavy atom. The molecule has 0 unspecified atom stereocenters. The summed E-state index contributed by atoms with van der Waals surface area (Å²) in [5, 5.41) is 8.47. The van der Waals surface area contributed by atoms with Gasteiger partial charge in [0.2, 0.25) is 0 Å². The van der Waals surface area contributed by atoms with Crippen LogP contribution in [0.2, 0.25) is 0 Å². The number of carbonyl (C=O) groups is 2. The molecular weight excluding hydrogens is 499 g/mol. The van der Waals surface area contributed by atoms with E-state index in [4.69, 9.17) is 9.26 Å². The number of hydrogen-bond donors (Lipinski definition) is 1. The highest BCUT2D eigenvalue weighted by Crippen LogP contribution is 2.39. The summed E-state index contributed by atoms with van der Waals surface area (Å²) < 4.78 is 26.5. The number of halogens is 1. The van der Waals surface area contributed by atoms with Crippen molar-refractivity contribution in [1.29, 1.82) is 0 Å². The van der Waals surface area contributed by atoms with Crippen LogP contribution in [0.4, 0.5) is 14.9 Å². The van der Waals surface area contributed by atoms with Crippen molar-refractivity contribution in [2.75, 3.05) is 25.1 Å². The number of aryl methyl sites for hydroxylation is 2. The Kier molecular flexibility index (Phi) is 6.06. The number of cyclic esters (lactones) is 1. The van der Waals surface area contributed by atoms with Crippen LogP contribution >= 0.6 is 0 Å². The fourth-order valence-corrected chi connectivity index (χ4v) is 5.46. The van der Waals surface area contributed by atoms with Gasteiger partial charge in [0, 0.05) is 53.2 Å². The maximum absolute atomic E-state index is 13.7. The molecule has 2 amide bonds. The molecule has 1 aliphatic heterocycles. The Morgan fingerprint density at radius 1 is 1.08 bits per heavy atom. The lowest BCUT2D eigenvalue weighted by molar-refractivity contribution is 0.0964. The summed E-state index contributed by atoms with van der Waals surface area (Å²) >= 11 is 0. The first-order chi connectivity index (χ1) is 18.9. The fraction of sp³-hybridized carbons (Fsp3) is 0.233. The number of carbonyl (C=O) groups excluding carboxylic acids is 2. The van der Waals surface area contributed by atoms with Crippen LogP contribution in [0.25, 0.3) is 32.9 Å². The minimum atomic E-state index is -0.386. The highest BCUT2D eigenvalue weighted by molar-refractivity contribution is 6.20. The van der Waals surface area contributed by atoms with Crippen molar-refractivity contribution >= 4 is 39.5 Å². The molecule has 3 heterocycles. The number of rotatable bonds is 5. The van der Waals surface area contributed by atoms with Crippen LogP contribution in [0, 0.1) is 19.7 Å². The second kappa shape index (κ2) is 9.58. The van der Waals surface area contributed by atoms with Crippen molar-refractivity contribution in [3.05, 3.63) is 83.0 Å². The lowest BCUT2D eigenvalue weighted by Gasteiger charge is -2.26. The minimum Gasteiger partial charge on any atom is -0.449 e. The van der Waals surface area contributed by atoms with E-state index in [2.05, 4.69) is 15.0 Å². The van der Waals surface area contributed by atoms with Crippen LogP contribution in [0.1, 0.15) is 33.8 Å². The maximum Gasteiger partial charge on any atom is 0.414 e. The summed E-state index contributed by atoms with van der Waals surface area (Å²) in [7, 11) is 1.60. The van der Waals surface area contributed by atoms with E-state index >= 15 is 0 Å². The number of hydrogen-bond acceptors (Lipinski definition) is 5. The molecule has 3 aromatic carbocycles. The van der Waals surface area contributed by atoms with Gasteiger partial charge in [-0.05, 0) is 73.9 Å². The second-order valence-corrected chi connectivity index (χ2v) is 9.73. The molecule has 1 saturated heterocycles. The van der Waals surface area contributed by atoms with Crippen LogP contribution in [-0.4, -0.2) is 41.9 Å². The van der Waals surface area contributed by atoms with Crippen LogP contribution < -0.4 is 10.2 Å². The summed E-state index contributed by atoms with van der Waals surface area (Å²) in [4.78, 5) is 27.5. The van der Waals surface area contributed by atoms with Gasteiger partial charge in [-0.15, -0.1) is 0 Å². The number of fused-ring (bicyclic) bond motifs is 3. The molecule has 0 bridgehead atoms. The molecule has 9 heteroatoms. The summed E-state index contributed by atoms with van der Waals surface area (Å²) in [5.41, 5.74) is 6.16. The van der Waals surface area contributed by atoms with Crippen LogP contribution in [0.15, 0.2) is 59.1 Å². The molecule has 0 aliphatic carbocycles. The number of benzene rings is 3. The highest BCUT2D eigenvalue weighted by Gasteiger charge is 2.25. The molecule has 8 nitrogen and oxygen atoms in total. The Bertz CT molecular complexity index is 1730. The van der Waals surface area contributed by atoms with Gasteiger partial charge in [-0.2, -0.15) is 0 Å². The van der Waals surface area contributed by atoms with Crippen LogP contribution in [0.3, 0.4) is 0 Å². The molecule has 1 N–H and O–H groups in total. The van der Waals surface area contributed by atoms with E-state index in [0.29, 0.717) is 36.7 Å². The molecule has 2 aromatic heterocycles. The number of amides is 2. The van der Waals surface area contributed by atoms with Gasteiger partial charge in [-0.3, -0.25) is 9.69 Å². The van der Waals surface area contributed by atoms with Gasteiger partial charge in [0.1, 0.15) is 11.6 Å². The summed E-state index contributed by atoms with van der Waals surface area (Å²) in [6, 6.07) is 16.1. The molecule has 0 saturated carbocycles. The Morgan fingerprint density at radius 2 is 1.87 bits per heavy atom. The molecule has 1 aliphatic rings. The van der Waals surface area contributed by atoms with Gasteiger partial charge in [-0.25, -0.2) is 9.18 Å². The van der Waals surface area contributed by atoms with E-state index < -0.39 is 0 Å². The van der Waals surface area contributed by atoms with Gasteiger partial charge >= 0.3 is 6.09 Å². The topological polar surface area (TPSA) is 89.6 Å². The van der Waals surface area contributed by atoms with Crippen molar-refractivity contribution in [3.63, 3.8) is 0 Å². The van der Waals surface area contributed by atoms with Gasteiger partial charge < -0.3 is 19.1 Å². The van der Waals surface area contributed by atoms with E-state index in [1.165, 1.54) is 12.1 Å². The molecule has 0 radical (unpaired) electrons. The van der Waals surface area contributed by atoms with Crippen LogP contribution in [-0.2, 0) is 11.3 Å². The van der Waals surface area contributed by atoms with Gasteiger partial charge in [0.25, 0.3) is 5.91 Å². The first-order valence-corrected chi connectivity index (χ1v) is 12.8. The van der Waals surface area contributed by atoms with E-state index in [9.17, 15) is 14.0 Å². The summed E-state index contributed by atoms with van der Waals surface area (Å²) in [5.74, 6) is 0.112. The average molecular weight is 527 g/mol. The molecule has 1 fully saturated rings. The standard InChI is InChI=1S/C30H27FN4O4/c1-17-27(18(2)39-33-17)20-13-24(29(36)32-3)28-23-15-22(34-11-4-12-38-30(34)37)9-10-25(23)35(26(28)14-20)16-19-5-7-21(31)8-6-19/h5-10,13-15H,4,11-12,16H2,1-3H3,(H,32,36). The molecule has 0 spiro atoms. The third-order valence-corrected chi connectivity index (χ3v) is 7.28. The van der Waals surface area contributed by atoms with E-state index in [1.807, 2.05) is 44.2 Å². The molecule has 5 aromatic rings. The summed E-state index contributed by atoms with van der Waals surface area (Å²) in [6.45, 7) is 5.12. The van der Waals surface area contributed by atoms with Crippen molar-refractivity contribution in [1.82, 2.24) is 15.0 Å². The van der Waals surface area contributed by atoms with Gasteiger partial charge in [0.05, 0.1) is 17.8 Å². The second-order valence-electron chi connectivity index (χ2n) is 9.73. The zero-order valence-corrected chi connectivity index (χ0v) is 21.9. The lowest BCUT2D eigenvalue weighted by atomic mass is 9.97. The van der Waals surface area contributed by atoms with E-state index in [-0.39, 0.29) is 17.8 Å². The summed E-state index contributed by atoms with van der Waals surface area (Å²) in [6.07, 6.45) is 0.350. The number of nitrogens with zero attached hydrogens (tertiary/aromatic N) is 3. The third-order valence-electron chi connectivity index (χ3n) is 7.28. The fourth-order valence-electron chi connectivity index (χ4n) is 5.46. The zero-order chi connectivity index (χ0) is 27.3. The first kappa shape index (κ1) is 24.7. The average Bonchev–Trinajstić information content (AvgIpc) is 3.44. The quantitative estimate of drug-likeness (QED) is 0.305. The Labute approximate surface area is 223 Å². The highest BCUT2D eigenvalue weighted by atomic mass is 19.1. The SMILES string of the molecule is CNC(=O)c1cc(-c2c(C)noc2C)cc2c1c1cc(N3CCCOC3=O)ccc1n2Cc1ccc(F)cc1. The molecule has 39 heavy (non-hydrogen) atoms. The van der Waals surface area contributed by atoms with E-state index in [1.54, 1.807) is 24.1 Å². The van der Waals surface area contributed by atoms with Crippen molar-refractivity contribution in [3.8, 4) is 11.1 Å². The number of ether oxygens (including phenoxy) is 1. The number of nitrogens with one attached hydrogen (secondary N) is 1. The van der Waals surface area contributed by atoms with Crippen LogP contribution in [0.5, 0.6) is 0 Å². The lowest BCUT2D eigenvalue weighted by Crippen LogP contribution is -2.37. The minimum absolute atomic E-state index is 0.239. The molecule has 198 valence electrons. The Hall–Kier alpha value is -4.66. The molecule has 6 rings (SSSR count). The molecule has 0 atom stereocenters. The molecular formula is C30H27FN4O4. The van der Waals surface area contributed by atoms with Crippen molar-refractivity contribution in [2.24, 2.45) is 0 Å². The van der Waals surface area contributed by atoms with E-state index in [0.717, 1.165) is 50.6 Å². The predicted octanol–water partition coefficient (Wildman–Crippen LogP) is 5.96. The van der Waals surface area contributed by atoms with Crippen molar-refractivity contribution < 1.29 is 23.2 Å². The van der Waals surface area contributed by atoms with Crippen molar-refractivity contribution in [2.45, 2.75) is 26.8 Å². The zero-order valence-electron chi connectivity index (χ0n) is 21.9. The first-order valence-electron chi connectivity index (χ1n) is 12.8. The smallest absolute Gasteiger partial charge is 0.414 e. The third kappa shape index (κ3) is 4.20.